The second-order valence-electron chi connectivity index (χ2n) is 7.57. The molecule has 1 aromatic rings. The number of sulfonamides is 1. The van der Waals surface area contributed by atoms with Gasteiger partial charge in [0, 0.05) is 51.3 Å². The van der Waals surface area contributed by atoms with E-state index in [2.05, 4.69) is 17.1 Å². The van der Waals surface area contributed by atoms with Crippen LogP contribution in [0, 0.1) is 0 Å². The van der Waals surface area contributed by atoms with Crippen molar-refractivity contribution in [1.82, 2.24) is 19.4 Å². The predicted molar refractivity (Wildman–Crippen MR) is 110 cm³/mol. The smallest absolute Gasteiger partial charge is 0.251 e. The lowest BCUT2D eigenvalue weighted by molar-refractivity contribution is -0.129. The quantitative estimate of drug-likeness (QED) is 0.731. The number of nitrogens with one attached hydrogen (secondary N) is 1. The summed E-state index contributed by atoms with van der Waals surface area (Å²) in [7, 11) is -3.70. The van der Waals surface area contributed by atoms with E-state index >= 15 is 0 Å². The van der Waals surface area contributed by atoms with Crippen LogP contribution >= 0.6 is 0 Å². The lowest BCUT2D eigenvalue weighted by Crippen LogP contribution is -2.49. The van der Waals surface area contributed by atoms with Crippen LogP contribution in [0.2, 0.25) is 0 Å². The fourth-order valence-electron chi connectivity index (χ4n) is 4.05. The maximum atomic E-state index is 13.0. The molecule has 1 aromatic carbocycles. The Bertz CT molecular complexity index is 850. The van der Waals surface area contributed by atoms with Gasteiger partial charge in [-0.2, -0.15) is 4.31 Å². The number of nitrogens with zero attached hydrogens (tertiary/aromatic N) is 3. The molecule has 8 nitrogen and oxygen atoms in total. The Morgan fingerprint density at radius 3 is 2.52 bits per heavy atom. The van der Waals surface area contributed by atoms with Gasteiger partial charge in [0.05, 0.1) is 4.90 Å². The topological polar surface area (TPSA) is 90.0 Å². The van der Waals surface area contributed by atoms with E-state index in [1.165, 1.54) is 23.4 Å². The average Bonchev–Trinajstić information content (AvgIpc) is 3.19. The number of rotatable bonds is 6. The number of hydrogen-bond acceptors (Lipinski definition) is 5. The molecule has 1 N–H and O–H groups in total. The van der Waals surface area contributed by atoms with Crippen molar-refractivity contribution in [2.45, 2.75) is 37.6 Å². The van der Waals surface area contributed by atoms with Gasteiger partial charge in [-0.1, -0.05) is 13.0 Å². The highest BCUT2D eigenvalue weighted by Gasteiger charge is 2.30. The monoisotopic (exact) mass is 422 g/mol. The van der Waals surface area contributed by atoms with E-state index in [1.54, 1.807) is 17.0 Å². The summed E-state index contributed by atoms with van der Waals surface area (Å²) in [5.41, 5.74) is 0.342. The molecule has 2 saturated heterocycles. The molecule has 2 aliphatic rings. The highest BCUT2D eigenvalue weighted by Crippen LogP contribution is 2.20. The van der Waals surface area contributed by atoms with E-state index in [4.69, 9.17) is 0 Å². The summed E-state index contributed by atoms with van der Waals surface area (Å²) < 4.78 is 27.3. The summed E-state index contributed by atoms with van der Waals surface area (Å²) in [6, 6.07) is 6.52. The third-order valence-corrected chi connectivity index (χ3v) is 7.72. The fourth-order valence-corrected chi connectivity index (χ4v) is 5.51. The molecule has 1 unspecified atom stereocenters. The van der Waals surface area contributed by atoms with Crippen LogP contribution in [0.5, 0.6) is 0 Å². The molecule has 0 saturated carbocycles. The van der Waals surface area contributed by atoms with Gasteiger partial charge in [0.2, 0.25) is 15.9 Å². The number of benzene rings is 1. The molecule has 2 fully saturated rings. The van der Waals surface area contributed by atoms with E-state index in [9.17, 15) is 18.0 Å². The number of likely N-dealkylation sites (tertiary alicyclic amines) is 1. The Kier molecular flexibility index (Phi) is 6.92. The first kappa shape index (κ1) is 21.7. The SMILES string of the molecule is CCN1CCCC1CNC(=O)c1cccc(S(=O)(=O)N2CCN(C(C)=O)CC2)c1. The van der Waals surface area contributed by atoms with Crippen LogP contribution < -0.4 is 5.32 Å². The van der Waals surface area contributed by atoms with Gasteiger partial charge in [-0.25, -0.2) is 8.42 Å². The van der Waals surface area contributed by atoms with Gasteiger partial charge in [-0.15, -0.1) is 0 Å². The average molecular weight is 423 g/mol. The molecular weight excluding hydrogens is 392 g/mol. The van der Waals surface area contributed by atoms with E-state index in [-0.39, 0.29) is 29.8 Å². The van der Waals surface area contributed by atoms with Gasteiger partial charge in [0.15, 0.2) is 0 Å². The third-order valence-electron chi connectivity index (χ3n) is 5.82. The first-order chi connectivity index (χ1) is 13.8. The van der Waals surface area contributed by atoms with Crippen molar-refractivity contribution in [2.24, 2.45) is 0 Å². The van der Waals surface area contributed by atoms with Crippen molar-refractivity contribution in [3.05, 3.63) is 29.8 Å². The van der Waals surface area contributed by atoms with Gasteiger partial charge in [0.1, 0.15) is 0 Å². The lowest BCUT2D eigenvalue weighted by atomic mass is 10.2. The Labute approximate surface area is 172 Å². The zero-order valence-electron chi connectivity index (χ0n) is 17.1. The van der Waals surface area contributed by atoms with E-state index in [1.807, 2.05) is 0 Å². The van der Waals surface area contributed by atoms with Gasteiger partial charge in [0.25, 0.3) is 5.91 Å². The van der Waals surface area contributed by atoms with Gasteiger partial charge in [-0.05, 0) is 44.1 Å². The minimum Gasteiger partial charge on any atom is -0.350 e. The van der Waals surface area contributed by atoms with Crippen LogP contribution in [0.3, 0.4) is 0 Å². The number of hydrogen-bond donors (Lipinski definition) is 1. The number of amides is 2. The summed E-state index contributed by atoms with van der Waals surface area (Å²) in [5.74, 6) is -0.309. The molecule has 3 rings (SSSR count). The number of carbonyl (C=O) groups excluding carboxylic acids is 2. The maximum Gasteiger partial charge on any atom is 0.251 e. The zero-order chi connectivity index (χ0) is 21.0. The predicted octanol–water partition coefficient (Wildman–Crippen LogP) is 0.754. The summed E-state index contributed by atoms with van der Waals surface area (Å²) in [5, 5.41) is 2.95. The van der Waals surface area contributed by atoms with Crippen molar-refractivity contribution in [1.29, 1.82) is 0 Å². The first-order valence-electron chi connectivity index (χ1n) is 10.2. The summed E-state index contributed by atoms with van der Waals surface area (Å²) in [6.07, 6.45) is 2.20. The third kappa shape index (κ3) is 4.96. The number of carbonyl (C=O) groups is 2. The van der Waals surface area contributed by atoms with Gasteiger partial charge in [-0.3, -0.25) is 14.5 Å². The second-order valence-corrected chi connectivity index (χ2v) is 9.51. The normalized spacial score (nSPS) is 21.3. The molecule has 0 aromatic heterocycles. The largest absolute Gasteiger partial charge is 0.350 e. The Morgan fingerprint density at radius 1 is 1.14 bits per heavy atom. The minimum atomic E-state index is -3.70. The van der Waals surface area contributed by atoms with Crippen molar-refractivity contribution < 1.29 is 18.0 Å². The summed E-state index contributed by atoms with van der Waals surface area (Å²) >= 11 is 0. The van der Waals surface area contributed by atoms with Crippen LogP contribution in [0.15, 0.2) is 29.2 Å². The Hall–Kier alpha value is -1.97. The summed E-state index contributed by atoms with van der Waals surface area (Å²) in [6.45, 7) is 7.46. The molecule has 0 aliphatic carbocycles. The van der Waals surface area contributed by atoms with Crippen LogP contribution in [0.4, 0.5) is 0 Å². The van der Waals surface area contributed by atoms with Crippen molar-refractivity contribution in [3.63, 3.8) is 0 Å². The molecule has 0 radical (unpaired) electrons. The van der Waals surface area contributed by atoms with Gasteiger partial charge < -0.3 is 10.2 Å². The molecule has 9 heteroatoms. The van der Waals surface area contributed by atoms with E-state index in [0.29, 0.717) is 31.2 Å². The van der Waals surface area contributed by atoms with Crippen LogP contribution in [-0.2, 0) is 14.8 Å². The fraction of sp³-hybridized carbons (Fsp3) is 0.600. The van der Waals surface area contributed by atoms with Crippen molar-refractivity contribution in [2.75, 3.05) is 45.8 Å². The molecular formula is C20H30N4O4S. The molecule has 2 aliphatic heterocycles. The van der Waals surface area contributed by atoms with Crippen LogP contribution in [-0.4, -0.2) is 86.2 Å². The summed E-state index contributed by atoms with van der Waals surface area (Å²) in [4.78, 5) is 28.1. The molecule has 2 amide bonds. The van der Waals surface area contributed by atoms with Crippen molar-refractivity contribution in [3.8, 4) is 0 Å². The number of piperazine rings is 1. The highest BCUT2D eigenvalue weighted by atomic mass is 32.2. The van der Waals surface area contributed by atoms with Crippen molar-refractivity contribution >= 4 is 21.8 Å². The van der Waals surface area contributed by atoms with E-state index in [0.717, 1.165) is 25.9 Å². The molecule has 160 valence electrons. The molecule has 2 heterocycles. The van der Waals surface area contributed by atoms with Crippen LogP contribution in [0.1, 0.15) is 37.0 Å². The molecule has 29 heavy (non-hydrogen) atoms. The molecule has 1 atom stereocenters. The molecule has 0 bridgehead atoms. The number of likely N-dealkylation sites (N-methyl/N-ethyl adjacent to an activating group) is 1. The standard InChI is InChI=1S/C20H30N4O4S/c1-3-22-9-5-7-18(22)15-21-20(26)17-6-4-8-19(14-17)29(27,28)24-12-10-23(11-13-24)16(2)25/h4,6,8,14,18H,3,5,7,9-13,15H2,1-2H3,(H,21,26). The van der Waals surface area contributed by atoms with Gasteiger partial charge >= 0.3 is 0 Å². The van der Waals surface area contributed by atoms with E-state index < -0.39 is 10.0 Å². The van der Waals surface area contributed by atoms with Crippen LogP contribution in [0.25, 0.3) is 0 Å². The first-order valence-corrected chi connectivity index (χ1v) is 11.6. The Morgan fingerprint density at radius 2 is 1.86 bits per heavy atom. The maximum absolute atomic E-state index is 13.0. The zero-order valence-corrected chi connectivity index (χ0v) is 18.0. The second kappa shape index (κ2) is 9.23. The Balaban J connectivity index is 1.65. The minimum absolute atomic E-state index is 0.0513. The lowest BCUT2D eigenvalue weighted by Gasteiger charge is -2.33. The highest BCUT2D eigenvalue weighted by molar-refractivity contribution is 7.89. The molecule has 0 spiro atoms.